The Balaban J connectivity index is 1.58. The molecule has 30 heavy (non-hydrogen) atoms. The molecule has 2 aromatic heterocycles. The monoisotopic (exact) mass is 437 g/mol. The molecule has 0 saturated heterocycles. The Morgan fingerprint density at radius 1 is 1.27 bits per heavy atom. The molecule has 0 radical (unpaired) electrons. The fourth-order valence-corrected chi connectivity index (χ4v) is 4.67. The van der Waals surface area contributed by atoms with Crippen molar-refractivity contribution in [3.63, 3.8) is 0 Å². The van der Waals surface area contributed by atoms with Crippen LogP contribution in [-0.4, -0.2) is 57.3 Å². The molecule has 0 bridgehead atoms. The van der Waals surface area contributed by atoms with Crippen LogP contribution in [0.3, 0.4) is 0 Å². The summed E-state index contributed by atoms with van der Waals surface area (Å²) < 4.78 is 40.7. The average molecular weight is 437 g/mol. The lowest BCUT2D eigenvalue weighted by atomic mass is 10.0. The summed E-state index contributed by atoms with van der Waals surface area (Å²) in [5, 5.41) is 5.25. The highest BCUT2D eigenvalue weighted by atomic mass is 32.1. The predicted octanol–water partition coefficient (Wildman–Crippen LogP) is 3.71. The zero-order valence-electron chi connectivity index (χ0n) is 16.7. The number of halogens is 3. The fraction of sp³-hybridized carbons (Fsp3) is 0.450. The normalized spacial score (nSPS) is 14.8. The van der Waals surface area contributed by atoms with Gasteiger partial charge in [-0.25, -0.2) is 4.98 Å². The smallest absolute Gasteiger partial charge is 0.343 e. The molecule has 3 aromatic rings. The van der Waals surface area contributed by atoms with Gasteiger partial charge in [-0.1, -0.05) is 12.1 Å². The molecule has 160 valence electrons. The molecule has 0 unspecified atom stereocenters. The highest BCUT2D eigenvalue weighted by molar-refractivity contribution is 7.18. The Kier molecular flexibility index (Phi) is 5.54. The van der Waals surface area contributed by atoms with Crippen LogP contribution in [0.25, 0.3) is 10.2 Å². The third-order valence-corrected chi connectivity index (χ3v) is 6.15. The number of amides is 1. The van der Waals surface area contributed by atoms with Gasteiger partial charge in [0.2, 0.25) is 0 Å². The van der Waals surface area contributed by atoms with Gasteiger partial charge in [0.1, 0.15) is 5.01 Å². The number of benzene rings is 1. The molecular weight excluding hydrogens is 415 g/mol. The molecule has 0 N–H and O–H groups in total. The molecule has 6 nitrogen and oxygen atoms in total. The van der Waals surface area contributed by atoms with Crippen molar-refractivity contribution >= 4 is 27.5 Å². The van der Waals surface area contributed by atoms with Gasteiger partial charge in [0.25, 0.3) is 5.91 Å². The van der Waals surface area contributed by atoms with Crippen molar-refractivity contribution in [1.82, 2.24) is 24.6 Å². The Morgan fingerprint density at radius 2 is 2.03 bits per heavy atom. The maximum absolute atomic E-state index is 12.7. The summed E-state index contributed by atoms with van der Waals surface area (Å²) in [6.07, 6.45) is -4.68. The lowest BCUT2D eigenvalue weighted by Gasteiger charge is -2.27. The first kappa shape index (κ1) is 20.8. The van der Waals surface area contributed by atoms with Gasteiger partial charge in [0.15, 0.2) is 5.69 Å². The van der Waals surface area contributed by atoms with Crippen molar-refractivity contribution in [3.8, 4) is 0 Å². The number of alkyl halides is 3. The number of carbonyl (C=O) groups excluding carboxylic acids is 1. The van der Waals surface area contributed by atoms with Gasteiger partial charge in [0.05, 0.1) is 23.2 Å². The number of rotatable bonds is 5. The molecule has 10 heteroatoms. The van der Waals surface area contributed by atoms with E-state index in [4.69, 9.17) is 0 Å². The Morgan fingerprint density at radius 3 is 2.73 bits per heavy atom. The van der Waals surface area contributed by atoms with Crippen molar-refractivity contribution in [1.29, 1.82) is 0 Å². The van der Waals surface area contributed by atoms with Crippen LogP contribution in [0, 0.1) is 0 Å². The summed E-state index contributed by atoms with van der Waals surface area (Å²) in [7, 11) is 3.23. The van der Waals surface area contributed by atoms with Gasteiger partial charge >= 0.3 is 6.18 Å². The number of fused-ring (bicyclic) bond motifs is 2. The van der Waals surface area contributed by atoms with Crippen molar-refractivity contribution in [2.45, 2.75) is 38.7 Å². The van der Waals surface area contributed by atoms with Crippen molar-refractivity contribution in [2.24, 2.45) is 0 Å². The molecule has 3 heterocycles. The van der Waals surface area contributed by atoms with Crippen LogP contribution in [0.2, 0.25) is 0 Å². The van der Waals surface area contributed by atoms with Gasteiger partial charge in [-0.05, 0) is 12.1 Å². The quantitative estimate of drug-likeness (QED) is 0.611. The molecule has 4 rings (SSSR count). The first-order valence-electron chi connectivity index (χ1n) is 9.65. The molecule has 0 saturated carbocycles. The summed E-state index contributed by atoms with van der Waals surface area (Å²) in [6.45, 7) is 1.49. The van der Waals surface area contributed by atoms with Crippen LogP contribution < -0.4 is 0 Å². The minimum atomic E-state index is -4.27. The van der Waals surface area contributed by atoms with Crippen LogP contribution in [0.1, 0.15) is 33.2 Å². The van der Waals surface area contributed by atoms with E-state index in [1.165, 1.54) is 9.58 Å². The predicted molar refractivity (Wildman–Crippen MR) is 108 cm³/mol. The van der Waals surface area contributed by atoms with Gasteiger partial charge < -0.3 is 4.90 Å². The van der Waals surface area contributed by atoms with Gasteiger partial charge in [-0.15, -0.1) is 11.3 Å². The fourth-order valence-electron chi connectivity index (χ4n) is 3.66. The first-order chi connectivity index (χ1) is 14.2. The Labute approximate surface area is 175 Å². The van der Waals surface area contributed by atoms with Gasteiger partial charge in [-0.3, -0.25) is 14.4 Å². The number of aromatic nitrogens is 3. The Hall–Kier alpha value is -2.46. The summed E-state index contributed by atoms with van der Waals surface area (Å²) in [6, 6.07) is 7.94. The van der Waals surface area contributed by atoms with Crippen LogP contribution in [0.5, 0.6) is 0 Å². The molecule has 0 spiro atoms. The minimum Gasteiger partial charge on any atom is -0.343 e. The van der Waals surface area contributed by atoms with E-state index in [9.17, 15) is 18.0 Å². The topological polar surface area (TPSA) is 54.3 Å². The zero-order valence-corrected chi connectivity index (χ0v) is 17.6. The first-order valence-corrected chi connectivity index (χ1v) is 10.5. The number of para-hydroxylation sites is 1. The van der Waals surface area contributed by atoms with E-state index in [1.807, 2.05) is 24.3 Å². The number of hydrogen-bond acceptors (Lipinski definition) is 5. The number of aryl methyl sites for hydroxylation is 1. The number of thiazole rings is 1. The molecule has 1 amide bonds. The van der Waals surface area contributed by atoms with E-state index in [0.29, 0.717) is 26.1 Å². The van der Waals surface area contributed by atoms with Crippen LogP contribution in [0.4, 0.5) is 13.2 Å². The highest BCUT2D eigenvalue weighted by Gasteiger charge is 2.32. The Bertz CT molecular complexity index is 1040. The minimum absolute atomic E-state index is 0.242. The lowest BCUT2D eigenvalue weighted by molar-refractivity contribution is -0.137. The third kappa shape index (κ3) is 4.34. The third-order valence-electron chi connectivity index (χ3n) is 5.13. The van der Waals surface area contributed by atoms with E-state index in [1.54, 1.807) is 25.4 Å². The molecule has 0 atom stereocenters. The molecular formula is C20H22F3N5OS. The second-order valence-corrected chi connectivity index (χ2v) is 8.71. The van der Waals surface area contributed by atoms with Gasteiger partial charge in [0, 0.05) is 51.4 Å². The van der Waals surface area contributed by atoms with Crippen molar-refractivity contribution in [2.75, 3.05) is 20.6 Å². The standard InChI is InChI=1S/C20H22F3N5OS/c1-26(2)19(29)18-13-11-27(12-17-24-14-5-3-4-6-16(14)30-17)9-7-15(13)28(25-18)10-8-20(21,22)23/h3-6H,7-12H2,1-2H3. The molecule has 0 aliphatic carbocycles. The van der Waals surface area contributed by atoms with E-state index in [2.05, 4.69) is 15.0 Å². The summed E-state index contributed by atoms with van der Waals surface area (Å²) in [5.41, 5.74) is 2.65. The van der Waals surface area contributed by atoms with Crippen LogP contribution in [-0.2, 0) is 26.1 Å². The van der Waals surface area contributed by atoms with E-state index in [0.717, 1.165) is 26.5 Å². The van der Waals surface area contributed by atoms with E-state index in [-0.39, 0.29) is 18.1 Å². The van der Waals surface area contributed by atoms with Crippen molar-refractivity contribution < 1.29 is 18.0 Å². The largest absolute Gasteiger partial charge is 0.390 e. The van der Waals surface area contributed by atoms with Crippen molar-refractivity contribution in [3.05, 3.63) is 46.2 Å². The zero-order chi connectivity index (χ0) is 21.5. The number of carbonyl (C=O) groups is 1. The summed E-state index contributed by atoms with van der Waals surface area (Å²) >= 11 is 1.63. The molecule has 0 fully saturated rings. The molecule has 1 aliphatic heterocycles. The van der Waals surface area contributed by atoms with Crippen LogP contribution >= 0.6 is 11.3 Å². The van der Waals surface area contributed by atoms with E-state index < -0.39 is 12.6 Å². The van der Waals surface area contributed by atoms with Crippen LogP contribution in [0.15, 0.2) is 24.3 Å². The number of nitrogens with zero attached hydrogens (tertiary/aromatic N) is 5. The lowest BCUT2D eigenvalue weighted by Crippen LogP contribution is -2.32. The maximum Gasteiger partial charge on any atom is 0.390 e. The SMILES string of the molecule is CN(C)C(=O)c1nn(CCC(F)(F)F)c2c1CN(Cc1nc3ccccc3s1)CC2. The molecule has 1 aromatic carbocycles. The summed E-state index contributed by atoms with van der Waals surface area (Å²) in [5.74, 6) is -0.293. The highest BCUT2D eigenvalue weighted by Crippen LogP contribution is 2.29. The second kappa shape index (κ2) is 7.99. The maximum atomic E-state index is 12.7. The summed E-state index contributed by atoms with van der Waals surface area (Å²) in [4.78, 5) is 20.9. The average Bonchev–Trinajstić information content (AvgIpc) is 3.25. The molecule has 1 aliphatic rings. The van der Waals surface area contributed by atoms with E-state index >= 15 is 0 Å². The number of hydrogen-bond donors (Lipinski definition) is 0. The second-order valence-electron chi connectivity index (χ2n) is 7.60. The van der Waals surface area contributed by atoms with Gasteiger partial charge in [-0.2, -0.15) is 18.3 Å².